The van der Waals surface area contributed by atoms with E-state index in [1.54, 1.807) is 18.2 Å². The zero-order chi connectivity index (χ0) is 14.7. The summed E-state index contributed by atoms with van der Waals surface area (Å²) in [6.45, 7) is 3.37. The van der Waals surface area contributed by atoms with E-state index in [0.29, 0.717) is 22.9 Å². The summed E-state index contributed by atoms with van der Waals surface area (Å²) in [6.07, 6.45) is 0. The van der Waals surface area contributed by atoms with Crippen LogP contribution in [0.4, 0.5) is 11.4 Å². The van der Waals surface area contributed by atoms with E-state index in [0.717, 1.165) is 10.0 Å². The van der Waals surface area contributed by atoms with Gasteiger partial charge in [-0.15, -0.1) is 0 Å². The Morgan fingerprint density at radius 1 is 1.25 bits per heavy atom. The van der Waals surface area contributed by atoms with Gasteiger partial charge < -0.3 is 15.8 Å². The third kappa shape index (κ3) is 3.30. The molecule has 2 aromatic carbocycles. The molecule has 2 rings (SSSR count). The van der Waals surface area contributed by atoms with E-state index in [2.05, 4.69) is 21.2 Å². The highest BCUT2D eigenvalue weighted by atomic mass is 79.9. The lowest BCUT2D eigenvalue weighted by Crippen LogP contribution is -2.06. The minimum absolute atomic E-state index is 0.145. The van der Waals surface area contributed by atoms with Crippen LogP contribution in [0.5, 0.6) is 11.5 Å². The molecule has 2 aromatic rings. The van der Waals surface area contributed by atoms with Crippen LogP contribution < -0.4 is 15.8 Å². The third-order valence-corrected chi connectivity index (χ3v) is 3.36. The number of carbonyl (C=O) groups excluding carboxylic acids is 1. The molecule has 3 N–H and O–H groups in total. The molecule has 0 fully saturated rings. The number of halogens is 1. The van der Waals surface area contributed by atoms with Crippen LogP contribution in [0.15, 0.2) is 40.9 Å². The molecule has 0 aliphatic heterocycles. The molecule has 0 saturated heterocycles. The Morgan fingerprint density at radius 2 is 1.95 bits per heavy atom. The lowest BCUT2D eigenvalue weighted by atomic mass is 10.2. The maximum Gasteiger partial charge on any atom is 0.221 e. The SMILES string of the molecule is CC(=O)Nc1ccccc1Oc1cc(C)c(N)cc1Br. The van der Waals surface area contributed by atoms with E-state index in [4.69, 9.17) is 10.5 Å². The zero-order valence-corrected chi connectivity index (χ0v) is 12.8. The quantitative estimate of drug-likeness (QED) is 0.831. The molecule has 4 nitrogen and oxygen atoms in total. The normalized spacial score (nSPS) is 10.2. The number of benzene rings is 2. The highest BCUT2D eigenvalue weighted by Crippen LogP contribution is 2.36. The van der Waals surface area contributed by atoms with Gasteiger partial charge in [-0.1, -0.05) is 12.1 Å². The standard InChI is InChI=1S/C15H15BrN2O2/c1-9-7-15(11(16)8-12(9)17)20-14-6-4-3-5-13(14)18-10(2)19/h3-8H,17H2,1-2H3,(H,18,19). The number of nitrogen functional groups attached to an aromatic ring is 1. The smallest absolute Gasteiger partial charge is 0.221 e. The summed E-state index contributed by atoms with van der Waals surface area (Å²) in [4.78, 5) is 11.2. The molecular formula is C15H15BrN2O2. The Labute approximate surface area is 126 Å². The van der Waals surface area contributed by atoms with Crippen molar-refractivity contribution < 1.29 is 9.53 Å². The second-order valence-corrected chi connectivity index (χ2v) is 5.27. The lowest BCUT2D eigenvalue weighted by molar-refractivity contribution is -0.114. The molecule has 1 amide bonds. The highest BCUT2D eigenvalue weighted by molar-refractivity contribution is 9.10. The molecule has 0 bridgehead atoms. The molecule has 0 radical (unpaired) electrons. The van der Waals surface area contributed by atoms with Crippen LogP contribution in [-0.2, 0) is 4.79 Å². The van der Waals surface area contributed by atoms with Crippen molar-refractivity contribution in [1.29, 1.82) is 0 Å². The molecule has 0 unspecified atom stereocenters. The molecule has 0 aliphatic carbocycles. The van der Waals surface area contributed by atoms with Crippen molar-refractivity contribution in [2.24, 2.45) is 0 Å². The summed E-state index contributed by atoms with van der Waals surface area (Å²) in [6, 6.07) is 10.9. The van der Waals surface area contributed by atoms with Gasteiger partial charge >= 0.3 is 0 Å². The van der Waals surface area contributed by atoms with Crippen molar-refractivity contribution in [3.05, 3.63) is 46.4 Å². The lowest BCUT2D eigenvalue weighted by Gasteiger charge is -2.13. The fraction of sp³-hybridized carbons (Fsp3) is 0.133. The molecule has 20 heavy (non-hydrogen) atoms. The van der Waals surface area contributed by atoms with E-state index < -0.39 is 0 Å². The topological polar surface area (TPSA) is 64.3 Å². The first-order valence-corrected chi connectivity index (χ1v) is 6.87. The van der Waals surface area contributed by atoms with Crippen molar-refractivity contribution in [2.75, 3.05) is 11.1 Å². The van der Waals surface area contributed by atoms with Crippen LogP contribution in [0.2, 0.25) is 0 Å². The van der Waals surface area contributed by atoms with E-state index in [-0.39, 0.29) is 5.91 Å². The molecule has 104 valence electrons. The Morgan fingerprint density at radius 3 is 2.65 bits per heavy atom. The summed E-state index contributed by atoms with van der Waals surface area (Å²) >= 11 is 3.42. The van der Waals surface area contributed by atoms with Gasteiger partial charge in [0.2, 0.25) is 5.91 Å². The first kappa shape index (κ1) is 14.4. The number of rotatable bonds is 3. The van der Waals surface area contributed by atoms with E-state index in [9.17, 15) is 4.79 Å². The van der Waals surface area contributed by atoms with Gasteiger partial charge in [-0.25, -0.2) is 0 Å². The zero-order valence-electron chi connectivity index (χ0n) is 11.2. The number of ether oxygens (including phenoxy) is 1. The van der Waals surface area contributed by atoms with E-state index in [1.807, 2.05) is 25.1 Å². The van der Waals surface area contributed by atoms with Crippen molar-refractivity contribution >= 4 is 33.2 Å². The van der Waals surface area contributed by atoms with Gasteiger partial charge in [0.05, 0.1) is 10.2 Å². The summed E-state index contributed by atoms with van der Waals surface area (Å²) in [5, 5.41) is 2.74. The number of hydrogen-bond donors (Lipinski definition) is 2. The van der Waals surface area contributed by atoms with Crippen LogP contribution in [0, 0.1) is 6.92 Å². The number of anilines is 2. The van der Waals surface area contributed by atoms with E-state index >= 15 is 0 Å². The molecule has 0 aliphatic rings. The van der Waals surface area contributed by atoms with Crippen molar-refractivity contribution in [2.45, 2.75) is 13.8 Å². The Balaban J connectivity index is 2.35. The van der Waals surface area contributed by atoms with Crippen molar-refractivity contribution in [1.82, 2.24) is 0 Å². The molecule has 0 saturated carbocycles. The monoisotopic (exact) mass is 334 g/mol. The summed E-state index contributed by atoms with van der Waals surface area (Å²) in [7, 11) is 0. The number of nitrogens with one attached hydrogen (secondary N) is 1. The first-order chi connectivity index (χ1) is 9.47. The maximum atomic E-state index is 11.2. The predicted octanol–water partition coefficient (Wildman–Crippen LogP) is 4.09. The Bertz CT molecular complexity index is 656. The van der Waals surface area contributed by atoms with E-state index in [1.165, 1.54) is 6.92 Å². The van der Waals surface area contributed by atoms with Gasteiger partial charge in [0.25, 0.3) is 0 Å². The molecule has 0 aromatic heterocycles. The van der Waals surface area contributed by atoms with Gasteiger partial charge in [0.15, 0.2) is 5.75 Å². The van der Waals surface area contributed by atoms with Crippen molar-refractivity contribution in [3.63, 3.8) is 0 Å². The molecule has 0 heterocycles. The first-order valence-electron chi connectivity index (χ1n) is 6.07. The minimum atomic E-state index is -0.145. The Hall–Kier alpha value is -2.01. The fourth-order valence-corrected chi connectivity index (χ4v) is 2.16. The second kappa shape index (κ2) is 5.96. The van der Waals surface area contributed by atoms with Gasteiger partial charge in [-0.2, -0.15) is 0 Å². The number of para-hydroxylation sites is 2. The number of nitrogens with two attached hydrogens (primary N) is 1. The summed E-state index contributed by atoms with van der Waals surface area (Å²) < 4.78 is 6.62. The third-order valence-electron chi connectivity index (χ3n) is 2.74. The largest absolute Gasteiger partial charge is 0.454 e. The van der Waals surface area contributed by atoms with Gasteiger partial charge in [-0.05, 0) is 52.7 Å². The van der Waals surface area contributed by atoms with Crippen LogP contribution >= 0.6 is 15.9 Å². The van der Waals surface area contributed by atoms with Gasteiger partial charge in [-0.3, -0.25) is 4.79 Å². The molecular weight excluding hydrogens is 320 g/mol. The maximum absolute atomic E-state index is 11.2. The fourth-order valence-electron chi connectivity index (χ4n) is 1.72. The van der Waals surface area contributed by atoms with Crippen LogP contribution in [0.1, 0.15) is 12.5 Å². The molecule has 5 heteroatoms. The predicted molar refractivity (Wildman–Crippen MR) is 84.1 cm³/mol. The number of hydrogen-bond acceptors (Lipinski definition) is 3. The van der Waals surface area contributed by atoms with Gasteiger partial charge in [0.1, 0.15) is 5.75 Å². The Kier molecular flexibility index (Phi) is 4.29. The number of carbonyl (C=O) groups is 1. The minimum Gasteiger partial charge on any atom is -0.454 e. The molecule has 0 atom stereocenters. The van der Waals surface area contributed by atoms with Crippen LogP contribution in [0.25, 0.3) is 0 Å². The highest BCUT2D eigenvalue weighted by Gasteiger charge is 2.09. The van der Waals surface area contributed by atoms with Crippen molar-refractivity contribution in [3.8, 4) is 11.5 Å². The average Bonchev–Trinajstić information content (AvgIpc) is 2.37. The summed E-state index contributed by atoms with van der Waals surface area (Å²) in [5.74, 6) is 1.08. The van der Waals surface area contributed by atoms with Gasteiger partial charge in [0, 0.05) is 12.6 Å². The average molecular weight is 335 g/mol. The molecule has 0 spiro atoms. The number of amides is 1. The number of aryl methyl sites for hydroxylation is 1. The van der Waals surface area contributed by atoms with Crippen LogP contribution in [-0.4, -0.2) is 5.91 Å². The second-order valence-electron chi connectivity index (χ2n) is 4.42. The van der Waals surface area contributed by atoms with Crippen LogP contribution in [0.3, 0.4) is 0 Å². The summed E-state index contributed by atoms with van der Waals surface area (Å²) in [5.41, 5.74) is 8.09.